The fourth-order valence-electron chi connectivity index (χ4n) is 4.67. The molecule has 2 aliphatic rings. The molecule has 188 valence electrons. The van der Waals surface area contributed by atoms with Crippen molar-refractivity contribution in [2.24, 2.45) is 5.92 Å². The van der Waals surface area contributed by atoms with Gasteiger partial charge in [-0.15, -0.1) is 0 Å². The number of carbonyl (C=O) groups excluding carboxylic acids is 2. The van der Waals surface area contributed by atoms with Crippen molar-refractivity contribution < 1.29 is 14.3 Å². The van der Waals surface area contributed by atoms with Gasteiger partial charge in [0.2, 0.25) is 5.91 Å². The highest BCUT2D eigenvalue weighted by atomic mass is 79.9. The minimum absolute atomic E-state index is 0.00484. The number of benzene rings is 2. The standard InChI is InChI=1S/C27H31BrCl2N2O3/c1-27(2,3)35-26(34)31-13-12-21(17-6-4-8-19(28)14-17)22(16-31)25(33)32(20-10-11-20)15-18-7-5-9-23(29)24(18)30/h4-9,14,20-22H,10-13,15-16H2,1-3H3/t21-,22+/m1/s1. The topological polar surface area (TPSA) is 49.9 Å². The molecule has 2 fully saturated rings. The number of hydrogen-bond acceptors (Lipinski definition) is 3. The molecule has 8 heteroatoms. The Morgan fingerprint density at radius 2 is 1.83 bits per heavy atom. The summed E-state index contributed by atoms with van der Waals surface area (Å²) in [6.07, 6.45) is 2.24. The van der Waals surface area contributed by atoms with Crippen molar-refractivity contribution >= 4 is 51.1 Å². The molecule has 4 rings (SSSR count). The SMILES string of the molecule is CC(C)(C)OC(=O)N1CC[C@H](c2cccc(Br)c2)[C@@H](C(=O)N(Cc2cccc(Cl)c2Cl)C2CC2)C1. The molecule has 2 amide bonds. The average Bonchev–Trinajstić information content (AvgIpc) is 3.63. The zero-order valence-electron chi connectivity index (χ0n) is 20.3. The van der Waals surface area contributed by atoms with Gasteiger partial charge in [-0.25, -0.2) is 4.79 Å². The lowest BCUT2D eigenvalue weighted by molar-refractivity contribution is -0.139. The summed E-state index contributed by atoms with van der Waals surface area (Å²) < 4.78 is 6.61. The van der Waals surface area contributed by atoms with E-state index in [9.17, 15) is 9.59 Å². The molecule has 0 radical (unpaired) electrons. The Labute approximate surface area is 225 Å². The van der Waals surface area contributed by atoms with Crippen LogP contribution in [-0.2, 0) is 16.1 Å². The predicted octanol–water partition coefficient (Wildman–Crippen LogP) is 7.29. The van der Waals surface area contributed by atoms with Crippen LogP contribution in [0.4, 0.5) is 4.79 Å². The number of amides is 2. The summed E-state index contributed by atoms with van der Waals surface area (Å²) in [5.41, 5.74) is 1.33. The van der Waals surface area contributed by atoms with Crippen molar-refractivity contribution in [2.75, 3.05) is 13.1 Å². The Morgan fingerprint density at radius 1 is 1.11 bits per heavy atom. The number of ether oxygens (including phenoxy) is 1. The van der Waals surface area contributed by atoms with Gasteiger partial charge in [-0.05, 0) is 75.3 Å². The molecule has 1 saturated carbocycles. The predicted molar refractivity (Wildman–Crippen MR) is 143 cm³/mol. The third kappa shape index (κ3) is 6.52. The minimum Gasteiger partial charge on any atom is -0.444 e. The van der Waals surface area contributed by atoms with Crippen LogP contribution in [0.25, 0.3) is 0 Å². The number of piperidine rings is 1. The molecule has 1 aliphatic carbocycles. The van der Waals surface area contributed by atoms with Crippen LogP contribution < -0.4 is 0 Å². The van der Waals surface area contributed by atoms with E-state index in [2.05, 4.69) is 28.1 Å². The molecule has 0 N–H and O–H groups in total. The zero-order chi connectivity index (χ0) is 25.3. The third-order valence-electron chi connectivity index (χ3n) is 6.50. The van der Waals surface area contributed by atoms with Crippen molar-refractivity contribution in [1.82, 2.24) is 9.80 Å². The van der Waals surface area contributed by atoms with Gasteiger partial charge in [0.1, 0.15) is 5.60 Å². The highest BCUT2D eigenvalue weighted by molar-refractivity contribution is 9.10. The maximum absolute atomic E-state index is 14.2. The Bertz CT molecular complexity index is 1100. The number of carbonyl (C=O) groups is 2. The second kappa shape index (κ2) is 10.7. The summed E-state index contributed by atoms with van der Waals surface area (Å²) in [4.78, 5) is 30.7. The van der Waals surface area contributed by atoms with E-state index in [1.807, 2.05) is 49.9 Å². The summed E-state index contributed by atoms with van der Waals surface area (Å²) in [5, 5.41) is 0.961. The maximum Gasteiger partial charge on any atom is 0.410 e. The molecule has 1 heterocycles. The van der Waals surface area contributed by atoms with Gasteiger partial charge in [-0.2, -0.15) is 0 Å². The molecular formula is C27H31BrCl2N2O3. The number of nitrogens with zero attached hydrogens (tertiary/aromatic N) is 2. The molecule has 1 saturated heterocycles. The molecular weight excluding hydrogens is 551 g/mol. The minimum atomic E-state index is -0.596. The highest BCUT2D eigenvalue weighted by Crippen LogP contribution is 2.39. The fraction of sp³-hybridized carbons (Fsp3) is 0.481. The second-order valence-corrected chi connectivity index (χ2v) is 12.1. The first-order chi connectivity index (χ1) is 16.5. The molecule has 0 bridgehead atoms. The molecule has 0 spiro atoms. The smallest absolute Gasteiger partial charge is 0.410 e. The second-order valence-electron chi connectivity index (χ2n) is 10.4. The fourth-order valence-corrected chi connectivity index (χ4v) is 5.47. The van der Waals surface area contributed by atoms with Gasteiger partial charge in [0.25, 0.3) is 0 Å². The number of hydrogen-bond donors (Lipinski definition) is 0. The van der Waals surface area contributed by atoms with Crippen LogP contribution in [0.2, 0.25) is 10.0 Å². The van der Waals surface area contributed by atoms with Gasteiger partial charge >= 0.3 is 6.09 Å². The quantitative estimate of drug-likeness (QED) is 0.372. The lowest BCUT2D eigenvalue weighted by Crippen LogP contribution is -2.51. The molecule has 0 unspecified atom stereocenters. The molecule has 0 aromatic heterocycles. The molecule has 2 aromatic rings. The first kappa shape index (κ1) is 26.3. The van der Waals surface area contributed by atoms with Crippen LogP contribution in [0.1, 0.15) is 57.1 Å². The van der Waals surface area contributed by atoms with Gasteiger partial charge in [0.05, 0.1) is 16.0 Å². The van der Waals surface area contributed by atoms with Crippen LogP contribution >= 0.6 is 39.1 Å². The largest absolute Gasteiger partial charge is 0.444 e. The average molecular weight is 582 g/mol. The van der Waals surface area contributed by atoms with E-state index in [0.717, 1.165) is 28.4 Å². The van der Waals surface area contributed by atoms with Gasteiger partial charge in [-0.1, -0.05) is 63.4 Å². The molecule has 5 nitrogen and oxygen atoms in total. The van der Waals surface area contributed by atoms with E-state index >= 15 is 0 Å². The summed E-state index contributed by atoms with van der Waals surface area (Å²) >= 11 is 16.3. The molecule has 35 heavy (non-hydrogen) atoms. The van der Waals surface area contributed by atoms with E-state index in [0.29, 0.717) is 36.1 Å². The van der Waals surface area contributed by atoms with E-state index in [1.165, 1.54) is 0 Å². The summed E-state index contributed by atoms with van der Waals surface area (Å²) in [5.74, 6) is -0.347. The van der Waals surface area contributed by atoms with Crippen molar-refractivity contribution in [2.45, 2.75) is 64.1 Å². The molecule has 2 atom stereocenters. The van der Waals surface area contributed by atoms with Gasteiger partial charge < -0.3 is 14.5 Å². The summed E-state index contributed by atoms with van der Waals surface area (Å²) in [6, 6.07) is 13.8. The van der Waals surface area contributed by atoms with E-state index in [-0.39, 0.29) is 29.9 Å². The van der Waals surface area contributed by atoms with Gasteiger partial charge in [-0.3, -0.25) is 4.79 Å². The van der Waals surface area contributed by atoms with Gasteiger partial charge in [0.15, 0.2) is 0 Å². The van der Waals surface area contributed by atoms with Crippen molar-refractivity contribution in [3.05, 3.63) is 68.1 Å². The van der Waals surface area contributed by atoms with E-state index in [1.54, 1.807) is 11.0 Å². The number of rotatable bonds is 5. The maximum atomic E-state index is 14.2. The highest BCUT2D eigenvalue weighted by Gasteiger charge is 2.43. The Morgan fingerprint density at radius 3 is 2.49 bits per heavy atom. The number of halogens is 3. The van der Waals surface area contributed by atoms with Crippen molar-refractivity contribution in [3.8, 4) is 0 Å². The van der Waals surface area contributed by atoms with Crippen molar-refractivity contribution in [3.63, 3.8) is 0 Å². The molecule has 2 aromatic carbocycles. The van der Waals surface area contributed by atoms with Crippen LogP contribution in [0.15, 0.2) is 46.9 Å². The third-order valence-corrected chi connectivity index (χ3v) is 7.85. The van der Waals surface area contributed by atoms with Crippen LogP contribution in [0, 0.1) is 5.92 Å². The van der Waals surface area contributed by atoms with E-state index < -0.39 is 5.60 Å². The summed E-state index contributed by atoms with van der Waals surface area (Å²) in [6.45, 7) is 6.82. The van der Waals surface area contributed by atoms with Crippen LogP contribution in [0.3, 0.4) is 0 Å². The Kier molecular flexibility index (Phi) is 8.04. The van der Waals surface area contributed by atoms with Crippen LogP contribution in [-0.4, -0.2) is 46.5 Å². The monoisotopic (exact) mass is 580 g/mol. The summed E-state index contributed by atoms with van der Waals surface area (Å²) in [7, 11) is 0. The Balaban J connectivity index is 1.63. The lowest BCUT2D eigenvalue weighted by Gasteiger charge is -2.40. The zero-order valence-corrected chi connectivity index (χ0v) is 23.4. The van der Waals surface area contributed by atoms with Gasteiger partial charge in [0, 0.05) is 30.1 Å². The number of likely N-dealkylation sites (tertiary alicyclic amines) is 1. The normalized spacial score (nSPS) is 20.5. The molecule has 1 aliphatic heterocycles. The van der Waals surface area contributed by atoms with E-state index in [4.69, 9.17) is 27.9 Å². The van der Waals surface area contributed by atoms with Crippen molar-refractivity contribution in [1.29, 1.82) is 0 Å². The van der Waals surface area contributed by atoms with Crippen LogP contribution in [0.5, 0.6) is 0 Å². The lowest BCUT2D eigenvalue weighted by atomic mass is 9.79. The first-order valence-corrected chi connectivity index (χ1v) is 13.5. The Hall–Kier alpha value is -1.76. The first-order valence-electron chi connectivity index (χ1n) is 12.0.